The molecule has 0 fully saturated rings. The summed E-state index contributed by atoms with van der Waals surface area (Å²) in [6, 6.07) is 70.2. The second-order valence-corrected chi connectivity index (χ2v) is 16.7. The molecular weight excluding hydrogens is 807 g/mol. The maximum Gasteiger partial charge on any atom is 0.0645 e. The van der Waals surface area contributed by atoms with E-state index in [-0.39, 0.29) is 46.7 Å². The van der Waals surface area contributed by atoms with Gasteiger partial charge in [0.05, 0.1) is 11.0 Å². The summed E-state index contributed by atoms with van der Waals surface area (Å²) in [6.45, 7) is 0. The van der Waals surface area contributed by atoms with Crippen LogP contribution in [0.3, 0.4) is 0 Å². The number of rotatable bonds is 9. The predicted octanol–water partition coefficient (Wildman–Crippen LogP) is 18.6. The van der Waals surface area contributed by atoms with Crippen LogP contribution in [0.25, 0.3) is 99.1 Å². The maximum absolute atomic E-state index is 9.87. The Labute approximate surface area is 403 Å². The number of benzene rings is 12. The van der Waals surface area contributed by atoms with E-state index in [2.05, 4.69) is 48.5 Å². The number of nitrogens with zero attached hydrogens (tertiary/aromatic N) is 1. The van der Waals surface area contributed by atoms with Crippen molar-refractivity contribution in [1.29, 1.82) is 0 Å². The van der Waals surface area contributed by atoms with Crippen molar-refractivity contribution in [3.8, 4) is 66.8 Å². The largest absolute Gasteiger partial charge is 0.311 e. The molecule has 12 aromatic rings. The lowest BCUT2D eigenvalue weighted by molar-refractivity contribution is 1.28. The van der Waals surface area contributed by atoms with E-state index >= 15 is 0 Å². The molecule has 0 atom stereocenters. The van der Waals surface area contributed by atoms with E-state index in [4.69, 9.17) is 0 Å². The molecule has 0 spiro atoms. The Balaban J connectivity index is 1.06. The van der Waals surface area contributed by atoms with Gasteiger partial charge in [-0.2, -0.15) is 0 Å². The number of fused-ring (bicyclic) bond motifs is 4. The standard InChI is InChI=1S/C66H45N/c1-3-15-46(16-4-1)55-42-56(47-17-5-2-6-18-47)44-57(43-55)49-31-37-59(38-32-49)67(60-39-33-51(34-40-60)66-45-54-20-8-10-25-63(54)64-26-11-12-27-65(64)66)58-35-29-48(30-36-58)52-22-13-23-53(41-52)62-28-14-21-50-19-7-9-24-61(50)62/h1-45H/i31D,32D,33D,34D,37D,38D,39D,40D. The monoisotopic (exact) mass is 859 g/mol. The Kier molecular flexibility index (Phi) is 8.26. The minimum Gasteiger partial charge on any atom is -0.311 e. The first-order valence-electron chi connectivity index (χ1n) is 26.4. The average Bonchev–Trinajstić information content (AvgIpc) is 3.46. The highest BCUT2D eigenvalue weighted by molar-refractivity contribution is 6.13. The van der Waals surface area contributed by atoms with Crippen LogP contribution >= 0.6 is 0 Å². The van der Waals surface area contributed by atoms with Crippen LogP contribution in [0.1, 0.15) is 11.0 Å². The van der Waals surface area contributed by atoms with Crippen molar-refractivity contribution in [2.24, 2.45) is 0 Å². The van der Waals surface area contributed by atoms with Gasteiger partial charge in [0.1, 0.15) is 0 Å². The lowest BCUT2D eigenvalue weighted by Crippen LogP contribution is -2.09. The van der Waals surface area contributed by atoms with E-state index in [0.717, 1.165) is 76.8 Å². The molecule has 0 unspecified atom stereocenters. The molecule has 0 saturated carbocycles. The van der Waals surface area contributed by atoms with Crippen molar-refractivity contribution in [3.63, 3.8) is 0 Å². The van der Waals surface area contributed by atoms with E-state index in [1.54, 1.807) is 12.1 Å². The molecule has 67 heavy (non-hydrogen) atoms. The first-order valence-corrected chi connectivity index (χ1v) is 22.4. The highest BCUT2D eigenvalue weighted by Crippen LogP contribution is 2.41. The lowest BCUT2D eigenvalue weighted by atomic mass is 9.93. The van der Waals surface area contributed by atoms with Gasteiger partial charge in [-0.25, -0.2) is 0 Å². The molecule has 0 aliphatic carbocycles. The Bertz CT molecular complexity index is 4090. The number of hydrogen-bond acceptors (Lipinski definition) is 1. The fourth-order valence-electron chi connectivity index (χ4n) is 9.26. The fraction of sp³-hybridized carbons (Fsp3) is 0. The molecule has 0 heterocycles. The van der Waals surface area contributed by atoms with Gasteiger partial charge in [0.15, 0.2) is 0 Å². The van der Waals surface area contributed by atoms with Gasteiger partial charge in [-0.3, -0.25) is 0 Å². The van der Waals surface area contributed by atoms with Crippen LogP contribution in [0.5, 0.6) is 0 Å². The van der Waals surface area contributed by atoms with Crippen molar-refractivity contribution in [1.82, 2.24) is 0 Å². The number of anilines is 3. The molecule has 0 aliphatic heterocycles. The minimum absolute atomic E-state index is 0.0863. The van der Waals surface area contributed by atoms with Gasteiger partial charge < -0.3 is 4.90 Å². The van der Waals surface area contributed by atoms with Crippen LogP contribution < -0.4 is 4.90 Å². The molecule has 0 bridgehead atoms. The van der Waals surface area contributed by atoms with Crippen molar-refractivity contribution >= 4 is 49.4 Å². The Morgan fingerprint density at radius 3 is 1.33 bits per heavy atom. The van der Waals surface area contributed by atoms with E-state index in [1.165, 1.54) is 4.90 Å². The first-order chi connectivity index (χ1) is 36.5. The molecule has 12 aromatic carbocycles. The zero-order chi connectivity index (χ0) is 51.5. The van der Waals surface area contributed by atoms with Crippen LogP contribution in [0.4, 0.5) is 17.1 Å². The summed E-state index contributed by atoms with van der Waals surface area (Å²) < 4.78 is 78.4. The quantitative estimate of drug-likeness (QED) is 0.131. The predicted molar refractivity (Wildman–Crippen MR) is 286 cm³/mol. The second-order valence-electron chi connectivity index (χ2n) is 16.7. The van der Waals surface area contributed by atoms with E-state index < -0.39 is 24.2 Å². The summed E-state index contributed by atoms with van der Waals surface area (Å²) >= 11 is 0. The summed E-state index contributed by atoms with van der Waals surface area (Å²) in [6.07, 6.45) is 0. The van der Waals surface area contributed by atoms with E-state index in [0.29, 0.717) is 16.8 Å². The molecule has 1 nitrogen and oxygen atoms in total. The van der Waals surface area contributed by atoms with Gasteiger partial charge in [0, 0.05) is 17.1 Å². The zero-order valence-corrected chi connectivity index (χ0v) is 36.3. The SMILES string of the molecule is [2H]c1c([2H])c(N(c2ccc(-c3cccc(-c4cccc5ccccc45)c3)cc2)c2c([2H])c([2H])c(-c3cc4ccccc4c4ccccc34)c([2H])c2[2H])c([2H])c([2H])c1-c1cc(-c2ccccc2)cc(-c2ccccc2)c1. The van der Waals surface area contributed by atoms with Crippen LogP contribution in [-0.2, 0) is 0 Å². The minimum atomic E-state index is -0.411. The van der Waals surface area contributed by atoms with Crippen LogP contribution in [-0.4, -0.2) is 0 Å². The smallest absolute Gasteiger partial charge is 0.0645 e. The Morgan fingerprint density at radius 1 is 0.224 bits per heavy atom. The van der Waals surface area contributed by atoms with Crippen molar-refractivity contribution in [2.45, 2.75) is 0 Å². The molecule has 12 rings (SSSR count). The average molecular weight is 860 g/mol. The van der Waals surface area contributed by atoms with Gasteiger partial charge in [-0.1, -0.05) is 206 Å². The Morgan fingerprint density at radius 2 is 0.672 bits per heavy atom. The summed E-state index contributed by atoms with van der Waals surface area (Å²) in [5.41, 5.74) is 8.51. The summed E-state index contributed by atoms with van der Waals surface area (Å²) in [5.74, 6) is 0. The first kappa shape index (κ1) is 32.0. The van der Waals surface area contributed by atoms with E-state index in [9.17, 15) is 11.0 Å². The fourth-order valence-corrected chi connectivity index (χ4v) is 9.26. The molecule has 0 aromatic heterocycles. The highest BCUT2D eigenvalue weighted by atomic mass is 15.1. The van der Waals surface area contributed by atoms with Crippen molar-refractivity contribution < 1.29 is 11.0 Å². The molecule has 0 amide bonds. The van der Waals surface area contributed by atoms with Gasteiger partial charge in [-0.05, 0) is 166 Å². The normalized spacial score (nSPS) is 13.0. The topological polar surface area (TPSA) is 3.24 Å². The number of hydrogen-bond donors (Lipinski definition) is 0. The summed E-state index contributed by atoms with van der Waals surface area (Å²) in [7, 11) is 0. The second kappa shape index (κ2) is 17.3. The summed E-state index contributed by atoms with van der Waals surface area (Å²) in [4.78, 5) is 1.37. The third kappa shape index (κ3) is 7.73. The zero-order valence-electron chi connectivity index (χ0n) is 44.3. The van der Waals surface area contributed by atoms with Gasteiger partial charge in [0.25, 0.3) is 0 Å². The lowest BCUT2D eigenvalue weighted by Gasteiger charge is -2.26. The van der Waals surface area contributed by atoms with Gasteiger partial charge in [0.2, 0.25) is 0 Å². The molecule has 0 saturated heterocycles. The summed E-state index contributed by atoms with van der Waals surface area (Å²) in [5, 5.41) is 5.82. The van der Waals surface area contributed by atoms with Crippen LogP contribution in [0.15, 0.2) is 273 Å². The van der Waals surface area contributed by atoms with Gasteiger partial charge in [-0.15, -0.1) is 0 Å². The maximum atomic E-state index is 9.87. The molecule has 1 heteroatoms. The van der Waals surface area contributed by atoms with Crippen LogP contribution in [0, 0.1) is 0 Å². The molecule has 314 valence electrons. The molecular formula is C66H45N. The molecule has 0 aliphatic rings. The Hall–Kier alpha value is -8.78. The van der Waals surface area contributed by atoms with E-state index in [1.807, 2.05) is 164 Å². The highest BCUT2D eigenvalue weighted by Gasteiger charge is 2.16. The van der Waals surface area contributed by atoms with Crippen molar-refractivity contribution in [3.05, 3.63) is 273 Å². The third-order valence-electron chi connectivity index (χ3n) is 12.6. The van der Waals surface area contributed by atoms with Gasteiger partial charge >= 0.3 is 0 Å². The third-order valence-corrected chi connectivity index (χ3v) is 12.6. The van der Waals surface area contributed by atoms with Crippen LogP contribution in [0.2, 0.25) is 0 Å². The molecule has 0 N–H and O–H groups in total. The van der Waals surface area contributed by atoms with Crippen molar-refractivity contribution in [2.75, 3.05) is 4.90 Å². The molecule has 0 radical (unpaired) electrons.